The second kappa shape index (κ2) is 7.47. The van der Waals surface area contributed by atoms with Gasteiger partial charge in [0.15, 0.2) is 0 Å². The van der Waals surface area contributed by atoms with Crippen molar-refractivity contribution in [2.45, 2.75) is 0 Å². The first kappa shape index (κ1) is 19.3. The Morgan fingerprint density at radius 3 is 2.20 bits per heavy atom. The topological polar surface area (TPSA) is 63.2 Å². The molecule has 0 saturated heterocycles. The number of carbonyl (C=O) groups is 1. The van der Waals surface area contributed by atoms with Gasteiger partial charge in [-0.3, -0.25) is 4.79 Å². The van der Waals surface area contributed by atoms with E-state index in [2.05, 4.69) is 0 Å². The van der Waals surface area contributed by atoms with Crippen molar-refractivity contribution in [3.05, 3.63) is 74.4 Å². The molecule has 0 saturated carbocycles. The maximum Gasteiger partial charge on any atom is 0.266 e. The highest BCUT2D eigenvalue weighted by molar-refractivity contribution is 7.93. The summed E-state index contributed by atoms with van der Waals surface area (Å²) in [4.78, 5) is 11.9. The largest absolute Gasteiger partial charge is 0.268 e. The van der Waals surface area contributed by atoms with Crippen LogP contribution in [0.1, 0.15) is 15.9 Å². The first-order valence-corrected chi connectivity index (χ1v) is 8.74. The van der Waals surface area contributed by atoms with Gasteiger partial charge in [0, 0.05) is 22.7 Å². The summed E-state index contributed by atoms with van der Waals surface area (Å²) in [5, 5.41) is 0.528. The summed E-state index contributed by atoms with van der Waals surface area (Å²) < 4.78 is 65.1. The summed E-state index contributed by atoms with van der Waals surface area (Å²) in [6.07, 6.45) is 0.559. The Morgan fingerprint density at radius 2 is 1.64 bits per heavy atom. The summed E-state index contributed by atoms with van der Waals surface area (Å²) in [6, 6.07) is 4.55. The summed E-state index contributed by atoms with van der Waals surface area (Å²) in [7, 11) is -4.40. The van der Waals surface area contributed by atoms with Crippen molar-refractivity contribution in [3.63, 3.8) is 0 Å². The third-order valence-electron chi connectivity index (χ3n) is 2.87. The lowest BCUT2D eigenvalue weighted by Crippen LogP contribution is -2.29. The number of rotatable bonds is 4. The van der Waals surface area contributed by atoms with Gasteiger partial charge in [-0.25, -0.2) is 26.3 Å². The molecule has 1 N–H and O–H groups in total. The lowest BCUT2D eigenvalue weighted by atomic mass is 10.2. The molecule has 0 aliphatic heterocycles. The Bertz CT molecular complexity index is 955. The van der Waals surface area contributed by atoms with Crippen LogP contribution in [0.5, 0.6) is 0 Å². The van der Waals surface area contributed by atoms with Gasteiger partial charge >= 0.3 is 0 Å². The number of hydrogen-bond acceptors (Lipinski definition) is 3. The average molecular weight is 410 g/mol. The van der Waals surface area contributed by atoms with Crippen LogP contribution in [0.2, 0.25) is 10.0 Å². The van der Waals surface area contributed by atoms with Gasteiger partial charge in [-0.15, -0.1) is 0 Å². The fraction of sp³-hybridized carbons (Fsp3) is 0. The molecule has 132 valence electrons. The van der Waals surface area contributed by atoms with Crippen LogP contribution >= 0.6 is 23.2 Å². The third kappa shape index (κ3) is 4.97. The molecule has 0 aliphatic rings. The standard InChI is InChI=1S/C15H8Cl2F3NO3S/c16-8-1-2-10(12(17)5-8)15(22)21-25(23,24)4-3-11-13(19)6-9(18)7-14(11)20/h1-7H,(H,21,22)/b4-3+. The van der Waals surface area contributed by atoms with E-state index in [0.29, 0.717) is 23.6 Å². The molecule has 0 atom stereocenters. The number of carbonyl (C=O) groups excluding carboxylic acids is 1. The maximum absolute atomic E-state index is 13.5. The van der Waals surface area contributed by atoms with Crippen LogP contribution in [0.15, 0.2) is 35.7 Å². The Hall–Kier alpha value is -2.03. The van der Waals surface area contributed by atoms with Gasteiger partial charge in [-0.2, -0.15) is 0 Å². The first-order valence-electron chi connectivity index (χ1n) is 6.44. The van der Waals surface area contributed by atoms with Crippen molar-refractivity contribution in [1.29, 1.82) is 0 Å². The zero-order valence-corrected chi connectivity index (χ0v) is 14.4. The van der Waals surface area contributed by atoms with Crippen LogP contribution in [0.4, 0.5) is 13.2 Å². The third-order valence-corrected chi connectivity index (χ3v) is 4.38. The molecule has 0 aliphatic carbocycles. The summed E-state index contributed by atoms with van der Waals surface area (Å²) in [6.45, 7) is 0. The summed E-state index contributed by atoms with van der Waals surface area (Å²) in [5.74, 6) is -4.81. The molecule has 0 spiro atoms. The predicted octanol–water partition coefficient (Wildman–Crippen LogP) is 4.14. The molecule has 0 radical (unpaired) electrons. The van der Waals surface area contributed by atoms with Gasteiger partial charge in [0.25, 0.3) is 15.9 Å². The highest BCUT2D eigenvalue weighted by Crippen LogP contribution is 2.21. The quantitative estimate of drug-likeness (QED) is 0.824. The summed E-state index contributed by atoms with van der Waals surface area (Å²) >= 11 is 11.5. The molecule has 2 aromatic rings. The van der Waals surface area contributed by atoms with E-state index in [1.54, 1.807) is 4.72 Å². The van der Waals surface area contributed by atoms with E-state index in [9.17, 15) is 26.4 Å². The van der Waals surface area contributed by atoms with Gasteiger partial charge in [-0.05, 0) is 24.3 Å². The van der Waals surface area contributed by atoms with Crippen molar-refractivity contribution in [1.82, 2.24) is 4.72 Å². The van der Waals surface area contributed by atoms with Gasteiger partial charge in [0.2, 0.25) is 0 Å². The zero-order chi connectivity index (χ0) is 18.8. The van der Waals surface area contributed by atoms with Crippen LogP contribution in [0.25, 0.3) is 6.08 Å². The van der Waals surface area contributed by atoms with Crippen molar-refractivity contribution in [2.24, 2.45) is 0 Å². The molecule has 2 rings (SSSR count). The number of amides is 1. The fourth-order valence-corrected chi connectivity index (χ4v) is 3.01. The van der Waals surface area contributed by atoms with E-state index >= 15 is 0 Å². The molecule has 10 heteroatoms. The zero-order valence-electron chi connectivity index (χ0n) is 12.1. The SMILES string of the molecule is O=C(NS(=O)(=O)/C=C/c1c(F)cc(F)cc1F)c1ccc(Cl)cc1Cl. The van der Waals surface area contributed by atoms with Gasteiger partial charge in [-0.1, -0.05) is 23.2 Å². The number of nitrogens with one attached hydrogen (secondary N) is 1. The molecular weight excluding hydrogens is 402 g/mol. The van der Waals surface area contributed by atoms with E-state index in [1.807, 2.05) is 0 Å². The Labute approximate surface area is 150 Å². The molecular formula is C15H8Cl2F3NO3S. The van der Waals surface area contributed by atoms with Crippen LogP contribution in [0, 0.1) is 17.5 Å². The van der Waals surface area contributed by atoms with Gasteiger partial charge in [0.05, 0.1) is 16.0 Å². The normalized spacial score (nSPS) is 11.7. The molecule has 4 nitrogen and oxygen atoms in total. The number of halogens is 5. The molecule has 2 aromatic carbocycles. The van der Waals surface area contributed by atoms with Crippen LogP contribution in [-0.4, -0.2) is 14.3 Å². The van der Waals surface area contributed by atoms with E-state index < -0.39 is 38.9 Å². The first-order chi connectivity index (χ1) is 11.6. The molecule has 0 bridgehead atoms. The highest BCUT2D eigenvalue weighted by Gasteiger charge is 2.17. The highest BCUT2D eigenvalue weighted by atomic mass is 35.5. The smallest absolute Gasteiger partial charge is 0.266 e. The Kier molecular flexibility index (Phi) is 5.76. The number of hydrogen-bond donors (Lipinski definition) is 1. The Morgan fingerprint density at radius 1 is 1.04 bits per heavy atom. The lowest BCUT2D eigenvalue weighted by molar-refractivity contribution is 0.0982. The van der Waals surface area contributed by atoms with Crippen molar-refractivity contribution < 1.29 is 26.4 Å². The van der Waals surface area contributed by atoms with Gasteiger partial charge in [0.1, 0.15) is 17.5 Å². The molecule has 0 aromatic heterocycles. The van der Waals surface area contributed by atoms with Crippen molar-refractivity contribution >= 4 is 45.2 Å². The second-order valence-electron chi connectivity index (χ2n) is 4.69. The van der Waals surface area contributed by atoms with Gasteiger partial charge < -0.3 is 0 Å². The number of sulfonamides is 1. The Balaban J connectivity index is 2.24. The van der Waals surface area contributed by atoms with Crippen molar-refractivity contribution in [3.8, 4) is 0 Å². The number of benzene rings is 2. The maximum atomic E-state index is 13.5. The van der Waals surface area contributed by atoms with Crippen LogP contribution in [0.3, 0.4) is 0 Å². The molecule has 1 amide bonds. The van der Waals surface area contributed by atoms with E-state index in [0.717, 1.165) is 0 Å². The lowest BCUT2D eigenvalue weighted by Gasteiger charge is -2.06. The van der Waals surface area contributed by atoms with E-state index in [-0.39, 0.29) is 15.6 Å². The second-order valence-corrected chi connectivity index (χ2v) is 7.10. The molecule has 0 unspecified atom stereocenters. The summed E-state index contributed by atoms with van der Waals surface area (Å²) in [5.41, 5.74) is -0.939. The minimum atomic E-state index is -4.40. The van der Waals surface area contributed by atoms with Crippen molar-refractivity contribution in [2.75, 3.05) is 0 Å². The average Bonchev–Trinajstić information content (AvgIpc) is 2.44. The molecule has 25 heavy (non-hydrogen) atoms. The van der Waals surface area contributed by atoms with E-state index in [1.165, 1.54) is 18.2 Å². The van der Waals surface area contributed by atoms with Crippen LogP contribution < -0.4 is 4.72 Å². The minimum absolute atomic E-state index is 0.0835. The molecule has 0 heterocycles. The minimum Gasteiger partial charge on any atom is -0.268 e. The van der Waals surface area contributed by atoms with E-state index in [4.69, 9.17) is 23.2 Å². The predicted molar refractivity (Wildman–Crippen MR) is 88.2 cm³/mol. The monoisotopic (exact) mass is 409 g/mol. The van der Waals surface area contributed by atoms with Crippen LogP contribution in [-0.2, 0) is 10.0 Å². The fourth-order valence-electron chi connectivity index (χ4n) is 1.76. The molecule has 0 fully saturated rings.